The largest absolute Gasteiger partial charge is 0.391 e. The van der Waals surface area contributed by atoms with Crippen LogP contribution in [0.25, 0.3) is 0 Å². The van der Waals surface area contributed by atoms with E-state index >= 15 is 0 Å². The summed E-state index contributed by atoms with van der Waals surface area (Å²) in [4.78, 5) is 24.3. The Bertz CT molecular complexity index is 403. The van der Waals surface area contributed by atoms with Gasteiger partial charge in [0.15, 0.2) is 0 Å². The second-order valence-electron chi connectivity index (χ2n) is 3.75. The Morgan fingerprint density at radius 2 is 2.38 bits per heavy atom. The first-order valence-electron chi connectivity index (χ1n) is 4.86. The number of nitrogens with one attached hydrogen (secondary N) is 1. The molecular formula is C9H12N4O3. The minimum Gasteiger partial charge on any atom is -0.391 e. The summed E-state index contributed by atoms with van der Waals surface area (Å²) in [6.07, 6.45) is 2.29. The number of aliphatic hydroxyl groups excluding tert-OH is 1. The molecule has 1 aromatic heterocycles. The molecule has 2 heterocycles. The van der Waals surface area contributed by atoms with E-state index in [1.807, 2.05) is 0 Å². The monoisotopic (exact) mass is 224 g/mol. The number of nitrogens with zero attached hydrogens (tertiary/aromatic N) is 2. The quantitative estimate of drug-likeness (QED) is 0.565. The maximum Gasteiger partial charge on any atom is 0.257 e. The van der Waals surface area contributed by atoms with Gasteiger partial charge in [0.2, 0.25) is 5.91 Å². The van der Waals surface area contributed by atoms with Crippen LogP contribution >= 0.6 is 0 Å². The molecule has 86 valence electrons. The predicted molar refractivity (Wildman–Crippen MR) is 53.2 cm³/mol. The summed E-state index contributed by atoms with van der Waals surface area (Å²) in [6.45, 7) is 0.123. The van der Waals surface area contributed by atoms with Crippen LogP contribution in [0.3, 0.4) is 0 Å². The number of likely N-dealkylation sites (tertiary alicyclic amines) is 1. The molecule has 1 aliphatic heterocycles. The molecule has 4 N–H and O–H groups in total. The van der Waals surface area contributed by atoms with Gasteiger partial charge < -0.3 is 15.7 Å². The molecule has 7 nitrogen and oxygen atoms in total. The highest BCUT2D eigenvalue weighted by molar-refractivity contribution is 5.97. The fraction of sp³-hybridized carbons (Fsp3) is 0.444. The third-order valence-electron chi connectivity index (χ3n) is 2.61. The van der Waals surface area contributed by atoms with E-state index in [0.29, 0.717) is 5.56 Å². The molecule has 0 aromatic carbocycles. The molecule has 0 bridgehead atoms. The summed E-state index contributed by atoms with van der Waals surface area (Å²) < 4.78 is 0. The van der Waals surface area contributed by atoms with Crippen LogP contribution in [-0.4, -0.2) is 50.7 Å². The lowest BCUT2D eigenvalue weighted by Gasteiger charge is -2.20. The minimum absolute atomic E-state index is 0.123. The molecule has 1 saturated heterocycles. The summed E-state index contributed by atoms with van der Waals surface area (Å²) in [5, 5.41) is 15.6. The maximum atomic E-state index is 11.9. The number of aromatic amines is 1. The standard InChI is InChI=1S/C9H12N4O3/c10-8(15)7-1-6(14)4-13(7)9(16)5-2-11-12-3-5/h2-3,6-7,14H,1,4H2,(H2,10,15)(H,11,12). The zero-order chi connectivity index (χ0) is 11.7. The Morgan fingerprint density at radius 3 is 2.94 bits per heavy atom. The fourth-order valence-corrected chi connectivity index (χ4v) is 1.84. The van der Waals surface area contributed by atoms with Gasteiger partial charge in [0.25, 0.3) is 5.91 Å². The number of hydrogen-bond donors (Lipinski definition) is 3. The normalized spacial score (nSPS) is 24.7. The molecule has 0 aliphatic carbocycles. The van der Waals surface area contributed by atoms with E-state index in [1.165, 1.54) is 17.3 Å². The van der Waals surface area contributed by atoms with Crippen LogP contribution in [0.4, 0.5) is 0 Å². The number of carbonyl (C=O) groups excluding carboxylic acids is 2. The van der Waals surface area contributed by atoms with Crippen LogP contribution in [0, 0.1) is 0 Å². The molecule has 1 fully saturated rings. The second-order valence-corrected chi connectivity index (χ2v) is 3.75. The van der Waals surface area contributed by atoms with Crippen molar-refractivity contribution in [3.05, 3.63) is 18.0 Å². The maximum absolute atomic E-state index is 11.9. The number of primary amides is 1. The zero-order valence-electron chi connectivity index (χ0n) is 8.46. The molecule has 2 amide bonds. The van der Waals surface area contributed by atoms with E-state index in [0.717, 1.165) is 0 Å². The summed E-state index contributed by atoms with van der Waals surface area (Å²) in [6, 6.07) is -0.739. The smallest absolute Gasteiger partial charge is 0.257 e. The molecular weight excluding hydrogens is 212 g/mol. The van der Waals surface area contributed by atoms with Crippen LogP contribution in [-0.2, 0) is 4.79 Å². The predicted octanol–water partition coefficient (Wildman–Crippen LogP) is -1.53. The molecule has 1 aromatic rings. The number of H-pyrrole nitrogens is 1. The molecule has 0 spiro atoms. The molecule has 16 heavy (non-hydrogen) atoms. The third kappa shape index (κ3) is 1.76. The lowest BCUT2D eigenvalue weighted by Crippen LogP contribution is -2.43. The number of hydrogen-bond acceptors (Lipinski definition) is 4. The van der Waals surface area contributed by atoms with Crippen LogP contribution in [0.1, 0.15) is 16.8 Å². The van der Waals surface area contributed by atoms with Gasteiger partial charge in [-0.25, -0.2) is 0 Å². The number of carbonyl (C=O) groups is 2. The van der Waals surface area contributed by atoms with Crippen molar-refractivity contribution in [3.8, 4) is 0 Å². The Morgan fingerprint density at radius 1 is 1.62 bits per heavy atom. The van der Waals surface area contributed by atoms with Crippen molar-refractivity contribution in [3.63, 3.8) is 0 Å². The van der Waals surface area contributed by atoms with Gasteiger partial charge in [-0.15, -0.1) is 0 Å². The highest BCUT2D eigenvalue weighted by atomic mass is 16.3. The average molecular weight is 224 g/mol. The first kappa shape index (κ1) is 10.6. The van der Waals surface area contributed by atoms with Crippen molar-refractivity contribution in [2.45, 2.75) is 18.6 Å². The van der Waals surface area contributed by atoms with E-state index in [9.17, 15) is 14.7 Å². The number of aliphatic hydroxyl groups is 1. The first-order chi connectivity index (χ1) is 7.59. The van der Waals surface area contributed by atoms with E-state index in [4.69, 9.17) is 5.73 Å². The van der Waals surface area contributed by atoms with Crippen LogP contribution in [0.2, 0.25) is 0 Å². The number of β-amino-alcohol motifs (C(OH)–C–C–N with tert-alkyl or cyclic N) is 1. The van der Waals surface area contributed by atoms with Crippen LogP contribution in [0.5, 0.6) is 0 Å². The summed E-state index contributed by atoms with van der Waals surface area (Å²) >= 11 is 0. The average Bonchev–Trinajstić information content (AvgIpc) is 2.84. The SMILES string of the molecule is NC(=O)C1CC(O)CN1C(=O)c1cn[nH]c1. The highest BCUT2D eigenvalue weighted by Crippen LogP contribution is 2.19. The number of nitrogens with two attached hydrogens (primary N) is 1. The Balaban J connectivity index is 2.20. The van der Waals surface area contributed by atoms with Crippen LogP contribution < -0.4 is 5.73 Å². The van der Waals surface area contributed by atoms with Crippen molar-refractivity contribution in [1.82, 2.24) is 15.1 Å². The van der Waals surface area contributed by atoms with Crippen molar-refractivity contribution in [2.24, 2.45) is 5.73 Å². The van der Waals surface area contributed by atoms with Crippen molar-refractivity contribution >= 4 is 11.8 Å². The van der Waals surface area contributed by atoms with Gasteiger partial charge >= 0.3 is 0 Å². The van der Waals surface area contributed by atoms with E-state index in [1.54, 1.807) is 0 Å². The number of rotatable bonds is 2. The van der Waals surface area contributed by atoms with Crippen LogP contribution in [0.15, 0.2) is 12.4 Å². The molecule has 2 unspecified atom stereocenters. The van der Waals surface area contributed by atoms with Gasteiger partial charge in [-0.1, -0.05) is 0 Å². The molecule has 2 atom stereocenters. The van der Waals surface area contributed by atoms with Gasteiger partial charge in [-0.3, -0.25) is 14.7 Å². The van der Waals surface area contributed by atoms with Gasteiger partial charge in [0, 0.05) is 19.2 Å². The molecule has 2 rings (SSSR count). The fourth-order valence-electron chi connectivity index (χ4n) is 1.84. The Labute approximate surface area is 91.2 Å². The lowest BCUT2D eigenvalue weighted by molar-refractivity contribution is -0.121. The molecule has 0 saturated carbocycles. The van der Waals surface area contributed by atoms with E-state index in [2.05, 4.69) is 10.2 Å². The molecule has 1 aliphatic rings. The van der Waals surface area contributed by atoms with E-state index < -0.39 is 18.1 Å². The lowest BCUT2D eigenvalue weighted by atomic mass is 10.2. The van der Waals surface area contributed by atoms with Gasteiger partial charge in [0.1, 0.15) is 6.04 Å². The topological polar surface area (TPSA) is 112 Å². The summed E-state index contributed by atoms with van der Waals surface area (Å²) in [5.41, 5.74) is 5.52. The van der Waals surface area contributed by atoms with Gasteiger partial charge in [-0.05, 0) is 0 Å². The minimum atomic E-state index is -0.739. The number of aromatic nitrogens is 2. The Kier molecular flexibility index (Phi) is 2.61. The van der Waals surface area contributed by atoms with E-state index in [-0.39, 0.29) is 18.9 Å². The first-order valence-corrected chi connectivity index (χ1v) is 4.86. The van der Waals surface area contributed by atoms with Crippen molar-refractivity contribution < 1.29 is 14.7 Å². The van der Waals surface area contributed by atoms with Crippen molar-refractivity contribution in [1.29, 1.82) is 0 Å². The van der Waals surface area contributed by atoms with Gasteiger partial charge in [0.05, 0.1) is 17.9 Å². The highest BCUT2D eigenvalue weighted by Gasteiger charge is 2.38. The summed E-state index contributed by atoms with van der Waals surface area (Å²) in [7, 11) is 0. The molecule has 7 heteroatoms. The third-order valence-corrected chi connectivity index (χ3v) is 2.61. The van der Waals surface area contributed by atoms with Gasteiger partial charge in [-0.2, -0.15) is 5.10 Å². The zero-order valence-corrected chi connectivity index (χ0v) is 8.46. The second kappa shape index (κ2) is 3.93. The van der Waals surface area contributed by atoms with Crippen molar-refractivity contribution in [2.75, 3.05) is 6.54 Å². The molecule has 0 radical (unpaired) electrons. The Hall–Kier alpha value is -1.89. The summed E-state index contributed by atoms with van der Waals surface area (Å²) in [5.74, 6) is -0.956. The number of amides is 2.